The van der Waals surface area contributed by atoms with Crippen molar-refractivity contribution in [1.29, 1.82) is 0 Å². The first kappa shape index (κ1) is 25.9. The number of fused-ring (bicyclic) bond motifs is 2. The lowest BCUT2D eigenvalue weighted by atomic mass is 10.00. The summed E-state index contributed by atoms with van der Waals surface area (Å²) in [5.41, 5.74) is 7.17. The summed E-state index contributed by atoms with van der Waals surface area (Å²) in [6.45, 7) is 4.44. The summed E-state index contributed by atoms with van der Waals surface area (Å²) in [4.78, 5) is 17.7. The second-order valence-electron chi connectivity index (χ2n) is 10.3. The number of nitrogens with zero attached hydrogens (tertiary/aromatic N) is 2. The van der Waals surface area contributed by atoms with Gasteiger partial charge in [0.25, 0.3) is 0 Å². The first-order chi connectivity index (χ1) is 18.6. The molecule has 1 aliphatic heterocycles. The predicted molar refractivity (Wildman–Crippen MR) is 151 cm³/mol. The zero-order valence-corrected chi connectivity index (χ0v) is 22.0. The average Bonchev–Trinajstić information content (AvgIpc) is 3.37. The highest BCUT2D eigenvalue weighted by Gasteiger charge is 2.31. The van der Waals surface area contributed by atoms with Crippen molar-refractivity contribution in [3.8, 4) is 0 Å². The Bertz CT molecular complexity index is 1340. The molecule has 0 aromatic heterocycles. The molecular weight excluding hydrogens is 471 g/mol. The third kappa shape index (κ3) is 6.38. The van der Waals surface area contributed by atoms with Crippen LogP contribution in [0.1, 0.15) is 33.4 Å². The number of halogens is 1. The molecule has 4 heteroatoms. The van der Waals surface area contributed by atoms with Crippen LogP contribution in [-0.4, -0.2) is 34.8 Å². The fourth-order valence-electron chi connectivity index (χ4n) is 5.49. The predicted octanol–water partition coefficient (Wildman–Crippen LogP) is 6.38. The molecule has 194 valence electrons. The summed E-state index contributed by atoms with van der Waals surface area (Å²) in [7, 11) is 0. The van der Waals surface area contributed by atoms with Crippen LogP contribution in [0.3, 0.4) is 0 Å². The Labute approximate surface area is 225 Å². The van der Waals surface area contributed by atoms with Crippen LogP contribution in [0.2, 0.25) is 0 Å². The molecule has 0 atom stereocenters. The lowest BCUT2D eigenvalue weighted by Gasteiger charge is -2.34. The minimum Gasteiger partial charge on any atom is -0.333 e. The molecule has 4 aromatic carbocycles. The molecule has 0 bridgehead atoms. The Hall–Kier alpha value is -3.76. The molecule has 2 aliphatic rings. The molecule has 4 aromatic rings. The second kappa shape index (κ2) is 12.2. The zero-order chi connectivity index (χ0) is 26.3. The van der Waals surface area contributed by atoms with Gasteiger partial charge in [-0.2, -0.15) is 0 Å². The summed E-state index contributed by atoms with van der Waals surface area (Å²) in [5, 5.41) is 0. The molecule has 0 fully saturated rings. The van der Waals surface area contributed by atoms with Gasteiger partial charge >= 0.3 is 0 Å². The SMILES string of the molecule is Cc1ccccc1.O=C(CN1CCc2ccccc2C1)N(Cc1ccccc1F)C1Cc2ccccc2C1. The number of hydrogen-bond acceptors (Lipinski definition) is 2. The van der Waals surface area contributed by atoms with Gasteiger partial charge in [-0.05, 0) is 54.5 Å². The molecule has 0 radical (unpaired) electrons. The van der Waals surface area contributed by atoms with Gasteiger partial charge in [0.2, 0.25) is 5.91 Å². The Morgan fingerprint density at radius 3 is 2.00 bits per heavy atom. The molecule has 6 rings (SSSR count). The van der Waals surface area contributed by atoms with Crippen LogP contribution < -0.4 is 0 Å². The van der Waals surface area contributed by atoms with Gasteiger partial charge in [-0.25, -0.2) is 4.39 Å². The molecular formula is C34H35FN2O. The average molecular weight is 507 g/mol. The number of carbonyl (C=O) groups is 1. The maximum atomic E-state index is 14.4. The van der Waals surface area contributed by atoms with E-state index in [-0.39, 0.29) is 17.8 Å². The summed E-state index contributed by atoms with van der Waals surface area (Å²) in [6.07, 6.45) is 2.63. The number of amides is 1. The smallest absolute Gasteiger partial charge is 0.237 e. The molecule has 1 heterocycles. The van der Waals surface area contributed by atoms with E-state index < -0.39 is 0 Å². The van der Waals surface area contributed by atoms with E-state index in [0.717, 1.165) is 32.4 Å². The van der Waals surface area contributed by atoms with Crippen LogP contribution in [0.4, 0.5) is 4.39 Å². The Morgan fingerprint density at radius 2 is 1.37 bits per heavy atom. The number of hydrogen-bond donors (Lipinski definition) is 0. The molecule has 1 amide bonds. The van der Waals surface area contributed by atoms with Gasteiger partial charge in [0.1, 0.15) is 5.82 Å². The molecule has 3 nitrogen and oxygen atoms in total. The maximum Gasteiger partial charge on any atom is 0.237 e. The molecule has 0 spiro atoms. The molecule has 1 aliphatic carbocycles. The third-order valence-electron chi connectivity index (χ3n) is 7.60. The monoisotopic (exact) mass is 506 g/mol. The van der Waals surface area contributed by atoms with Gasteiger partial charge in [0.15, 0.2) is 0 Å². The second-order valence-corrected chi connectivity index (χ2v) is 10.3. The van der Waals surface area contributed by atoms with Crippen LogP contribution in [0.25, 0.3) is 0 Å². The summed E-state index contributed by atoms with van der Waals surface area (Å²) in [5.74, 6) is -0.164. The molecule has 0 unspecified atom stereocenters. The zero-order valence-electron chi connectivity index (χ0n) is 22.0. The number of rotatable bonds is 5. The number of aryl methyl sites for hydroxylation is 1. The van der Waals surface area contributed by atoms with Crippen molar-refractivity contribution in [3.05, 3.63) is 142 Å². The van der Waals surface area contributed by atoms with Gasteiger partial charge in [-0.1, -0.05) is 103 Å². The maximum absolute atomic E-state index is 14.4. The molecule has 38 heavy (non-hydrogen) atoms. The van der Waals surface area contributed by atoms with E-state index >= 15 is 0 Å². The first-order valence-corrected chi connectivity index (χ1v) is 13.5. The van der Waals surface area contributed by atoms with E-state index in [0.29, 0.717) is 18.7 Å². The minimum absolute atomic E-state index is 0.0709. The fourth-order valence-corrected chi connectivity index (χ4v) is 5.49. The normalized spacial score (nSPS) is 14.7. The lowest BCUT2D eigenvalue weighted by Crippen LogP contribution is -2.46. The Morgan fingerprint density at radius 1 is 0.789 bits per heavy atom. The number of benzene rings is 4. The first-order valence-electron chi connectivity index (χ1n) is 13.5. The quantitative estimate of drug-likeness (QED) is 0.314. The largest absolute Gasteiger partial charge is 0.333 e. The van der Waals surface area contributed by atoms with Crippen molar-refractivity contribution in [3.63, 3.8) is 0 Å². The van der Waals surface area contributed by atoms with Gasteiger partial charge < -0.3 is 4.90 Å². The van der Waals surface area contributed by atoms with Gasteiger partial charge in [-0.3, -0.25) is 9.69 Å². The standard InChI is InChI=1S/C27H27FN2O.C7H8/c28-26-12-6-5-11-24(26)18-30(25-15-21-8-2-3-9-22(21)16-25)27(31)19-29-14-13-20-7-1-4-10-23(20)17-29;1-7-5-3-2-4-6-7/h1-12,25H,13-19H2;2-6H,1H3. The summed E-state index contributed by atoms with van der Waals surface area (Å²) >= 11 is 0. The van der Waals surface area contributed by atoms with Crippen molar-refractivity contribution in [2.75, 3.05) is 13.1 Å². The van der Waals surface area contributed by atoms with Gasteiger partial charge in [0, 0.05) is 31.2 Å². The molecule has 0 saturated carbocycles. The summed E-state index contributed by atoms with van der Waals surface area (Å²) < 4.78 is 14.4. The van der Waals surface area contributed by atoms with E-state index in [1.807, 2.05) is 29.2 Å². The van der Waals surface area contributed by atoms with Crippen molar-refractivity contribution >= 4 is 5.91 Å². The molecule has 0 N–H and O–H groups in total. The third-order valence-corrected chi connectivity index (χ3v) is 7.60. The molecule has 0 saturated heterocycles. The lowest BCUT2D eigenvalue weighted by molar-refractivity contribution is -0.135. The highest BCUT2D eigenvalue weighted by molar-refractivity contribution is 5.79. The van der Waals surface area contributed by atoms with Crippen molar-refractivity contribution < 1.29 is 9.18 Å². The highest BCUT2D eigenvalue weighted by Crippen LogP contribution is 2.28. The van der Waals surface area contributed by atoms with Gasteiger partial charge in [0.05, 0.1) is 6.54 Å². The van der Waals surface area contributed by atoms with Crippen LogP contribution >= 0.6 is 0 Å². The van der Waals surface area contributed by atoms with Crippen molar-refractivity contribution in [1.82, 2.24) is 9.80 Å². The van der Waals surface area contributed by atoms with Crippen LogP contribution in [0, 0.1) is 12.7 Å². The fraction of sp³-hybridized carbons (Fsp3) is 0.265. The minimum atomic E-state index is -0.247. The van der Waals surface area contributed by atoms with Gasteiger partial charge in [-0.15, -0.1) is 0 Å². The van der Waals surface area contributed by atoms with E-state index in [4.69, 9.17) is 0 Å². The van der Waals surface area contributed by atoms with Crippen LogP contribution in [0.5, 0.6) is 0 Å². The van der Waals surface area contributed by atoms with E-state index in [9.17, 15) is 9.18 Å². The van der Waals surface area contributed by atoms with Crippen LogP contribution in [-0.2, 0) is 37.1 Å². The van der Waals surface area contributed by atoms with Crippen molar-refractivity contribution in [2.45, 2.75) is 45.3 Å². The van der Waals surface area contributed by atoms with Crippen molar-refractivity contribution in [2.24, 2.45) is 0 Å². The van der Waals surface area contributed by atoms with Crippen LogP contribution in [0.15, 0.2) is 103 Å². The number of carbonyl (C=O) groups excluding carboxylic acids is 1. The highest BCUT2D eigenvalue weighted by atomic mass is 19.1. The topological polar surface area (TPSA) is 23.6 Å². The Balaban J connectivity index is 0.000000366. The van der Waals surface area contributed by atoms with E-state index in [1.165, 1.54) is 33.9 Å². The Kier molecular flexibility index (Phi) is 8.30. The van der Waals surface area contributed by atoms with E-state index in [2.05, 4.69) is 72.5 Å². The van der Waals surface area contributed by atoms with E-state index in [1.54, 1.807) is 12.1 Å². The summed E-state index contributed by atoms with van der Waals surface area (Å²) in [6, 6.07) is 34.0.